The van der Waals surface area contributed by atoms with Gasteiger partial charge < -0.3 is 54.4 Å². The fourth-order valence-corrected chi connectivity index (χ4v) is 15.3. The first-order valence-electron chi connectivity index (χ1n) is 26.4. The number of carbonyl (C=O) groups excluding carboxylic acids is 1. The minimum atomic E-state index is -0.498. The number of pyridine rings is 2. The average molecular weight is 1100 g/mol. The van der Waals surface area contributed by atoms with Crippen LogP contribution in [0.15, 0.2) is 146 Å². The molecule has 0 saturated carbocycles. The first-order chi connectivity index (χ1) is 36.8. The highest BCUT2D eigenvalue weighted by Gasteiger charge is 2.29. The van der Waals surface area contributed by atoms with E-state index < -0.39 is 5.60 Å². The van der Waals surface area contributed by atoms with E-state index in [1.807, 2.05) is 37.4 Å². The highest BCUT2D eigenvalue weighted by atomic mass is 32.2. The van der Waals surface area contributed by atoms with E-state index in [4.69, 9.17) is 14.2 Å². The van der Waals surface area contributed by atoms with E-state index in [-0.39, 0.29) is 23.3 Å². The van der Waals surface area contributed by atoms with Gasteiger partial charge in [0.25, 0.3) is 0 Å². The summed E-state index contributed by atoms with van der Waals surface area (Å²) in [4.78, 5) is 62.3. The number of aromatic nitrogens is 2. The van der Waals surface area contributed by atoms with Crippen LogP contribution in [0.4, 0.5) is 27.5 Å². The number of morpholine rings is 2. The third-order valence-corrected chi connectivity index (χ3v) is 19.3. The Morgan fingerprint density at radius 1 is 0.579 bits per heavy atom. The molecule has 2 atom stereocenters. The van der Waals surface area contributed by atoms with Gasteiger partial charge in [0, 0.05) is 143 Å². The van der Waals surface area contributed by atoms with E-state index in [9.17, 15) is 14.4 Å². The lowest BCUT2D eigenvalue weighted by atomic mass is 10.1. The topological polar surface area (TPSA) is 148 Å². The maximum absolute atomic E-state index is 12.7. The third-order valence-electron chi connectivity index (χ3n) is 14.1. The van der Waals surface area contributed by atoms with Gasteiger partial charge in [-0.25, -0.2) is 4.79 Å². The number of likely N-dealkylation sites (N-methyl/N-ethyl adjacent to an activating group) is 1. The Kier molecular flexibility index (Phi) is 16.1. The second-order valence-electron chi connectivity index (χ2n) is 21.1. The number of anilines is 4. The first-order valence-corrected chi connectivity index (χ1v) is 29.7. The molecule has 8 heterocycles. The predicted molar refractivity (Wildman–Crippen MR) is 309 cm³/mol. The molecule has 18 heteroatoms. The number of fused-ring (bicyclic) bond motifs is 4. The molecule has 398 valence electrons. The number of H-pyrrole nitrogens is 2. The number of aromatic amines is 2. The average Bonchev–Trinajstić information content (AvgIpc) is 3.43. The second kappa shape index (κ2) is 23.2. The molecular weight excluding hydrogens is 1030 g/mol. The van der Waals surface area contributed by atoms with Gasteiger partial charge in [0.1, 0.15) is 5.60 Å². The molecular formula is C58H66N8O6S4. The summed E-state index contributed by atoms with van der Waals surface area (Å²) in [5, 5.41) is 7.41. The van der Waals surface area contributed by atoms with Crippen LogP contribution in [0.5, 0.6) is 0 Å². The van der Waals surface area contributed by atoms with Crippen molar-refractivity contribution >= 4 is 75.9 Å². The van der Waals surface area contributed by atoms with E-state index in [0.717, 1.165) is 96.6 Å². The van der Waals surface area contributed by atoms with E-state index in [1.165, 1.54) is 59.3 Å². The van der Waals surface area contributed by atoms with E-state index in [0.29, 0.717) is 39.0 Å². The number of likely N-dealkylation sites (tertiary alicyclic amines) is 2. The third kappa shape index (κ3) is 12.6. The highest BCUT2D eigenvalue weighted by Crippen LogP contribution is 2.54. The van der Waals surface area contributed by atoms with Gasteiger partial charge in [-0.15, -0.1) is 0 Å². The standard InChI is InChI=1S/C31H36N4O4S2.C27H30N4O2S2/c1-31(2,3)39-30(37)35-11-5-6-21(19-35)32-20-9-10-25-27(16-20)40-26-8-4-7-23(29(26)41-25)24-17-22(18-28(36)33-24)34-12-14-38-15-13-34;1-30-9-3-4-19(17-30)28-18-7-8-23-25(14-18)34-24-6-2-5-21(27(24)35-23)22-15-20(16-26(32)29-22)31-10-12-33-13-11-31/h4,7-10,16-18,21,32H,5-6,11-15,19H2,1-3H3,(H,33,36);2,5-8,14-16,19,28H,3-4,9-13,17H2,1H3,(H,29,32). The smallest absolute Gasteiger partial charge is 0.410 e. The molecule has 14 nitrogen and oxygen atoms in total. The van der Waals surface area contributed by atoms with Crippen molar-refractivity contribution in [2.75, 3.05) is 106 Å². The Balaban J connectivity index is 0.000000164. The molecule has 6 aromatic rings. The Morgan fingerprint density at radius 2 is 1.07 bits per heavy atom. The molecule has 0 aliphatic carbocycles. The molecule has 12 rings (SSSR count). The predicted octanol–water partition coefficient (Wildman–Crippen LogP) is 11.3. The van der Waals surface area contributed by atoms with Crippen molar-refractivity contribution in [3.05, 3.63) is 118 Å². The molecule has 2 aromatic heterocycles. The number of rotatable bonds is 8. The number of hydrogen-bond acceptors (Lipinski definition) is 15. The summed E-state index contributed by atoms with van der Waals surface area (Å²) in [5.74, 6) is 0. The van der Waals surface area contributed by atoms with Crippen LogP contribution < -0.4 is 31.6 Å². The SMILES string of the molecule is CC(C)(C)OC(=O)N1CCCC(Nc2ccc3c(c2)Sc2cccc(-c4cc(N5CCOCC5)cc(=O)[nH]4)c2S3)C1.CN1CCCC(Nc2ccc3c(c2)Sc2cccc(-c4cc(N5CCOCC5)cc(=O)[nH]4)c2S3)C1. The maximum atomic E-state index is 12.7. The van der Waals surface area contributed by atoms with Gasteiger partial charge >= 0.3 is 6.09 Å². The Morgan fingerprint density at radius 3 is 1.55 bits per heavy atom. The lowest BCUT2D eigenvalue weighted by Gasteiger charge is -2.35. The van der Waals surface area contributed by atoms with E-state index in [1.54, 1.807) is 47.4 Å². The van der Waals surface area contributed by atoms with Gasteiger partial charge in [-0.1, -0.05) is 71.3 Å². The molecule has 1 amide bonds. The molecule has 4 N–H and O–H groups in total. The van der Waals surface area contributed by atoms with Crippen molar-refractivity contribution in [1.82, 2.24) is 19.8 Å². The van der Waals surface area contributed by atoms with Crippen LogP contribution in [0.25, 0.3) is 22.5 Å². The number of nitrogens with zero attached hydrogens (tertiary/aromatic N) is 4. The maximum Gasteiger partial charge on any atom is 0.410 e. The van der Waals surface area contributed by atoms with Crippen molar-refractivity contribution < 1.29 is 19.0 Å². The summed E-state index contributed by atoms with van der Waals surface area (Å²) in [5.41, 5.74) is 7.28. The Hall–Kier alpha value is -5.47. The van der Waals surface area contributed by atoms with Crippen molar-refractivity contribution in [3.8, 4) is 22.5 Å². The number of nitrogens with one attached hydrogen (secondary N) is 4. The summed E-state index contributed by atoms with van der Waals surface area (Å²) >= 11 is 7.10. The zero-order chi connectivity index (χ0) is 52.3. The molecule has 0 spiro atoms. The minimum Gasteiger partial charge on any atom is -0.444 e. The number of amides is 1. The van der Waals surface area contributed by atoms with Gasteiger partial charge in [0.15, 0.2) is 0 Å². The van der Waals surface area contributed by atoms with Crippen LogP contribution in [0.1, 0.15) is 46.5 Å². The summed E-state index contributed by atoms with van der Waals surface area (Å²) in [6.45, 7) is 15.2. The van der Waals surface area contributed by atoms with Gasteiger partial charge in [0.2, 0.25) is 11.1 Å². The van der Waals surface area contributed by atoms with Crippen LogP contribution in [0.3, 0.4) is 0 Å². The zero-order valence-corrected chi connectivity index (χ0v) is 46.8. The molecule has 4 saturated heterocycles. The molecule has 6 aliphatic rings. The van der Waals surface area contributed by atoms with Crippen LogP contribution in [-0.2, 0) is 14.2 Å². The van der Waals surface area contributed by atoms with Crippen molar-refractivity contribution in [2.45, 2.75) is 103 Å². The van der Waals surface area contributed by atoms with Crippen LogP contribution in [-0.4, -0.2) is 129 Å². The number of benzene rings is 4. The first kappa shape index (κ1) is 52.6. The number of carbonyl (C=O) groups is 1. The quantitative estimate of drug-likeness (QED) is 0.114. The molecule has 6 aliphatic heterocycles. The number of piperidine rings is 2. The number of hydrogen-bond donors (Lipinski definition) is 4. The monoisotopic (exact) mass is 1100 g/mol. The van der Waals surface area contributed by atoms with Crippen LogP contribution in [0, 0.1) is 0 Å². The molecule has 2 unspecified atom stereocenters. The molecule has 0 radical (unpaired) electrons. The van der Waals surface area contributed by atoms with Crippen LogP contribution in [0.2, 0.25) is 0 Å². The van der Waals surface area contributed by atoms with Crippen molar-refractivity contribution in [3.63, 3.8) is 0 Å². The highest BCUT2D eigenvalue weighted by molar-refractivity contribution is 8.05. The summed E-state index contributed by atoms with van der Waals surface area (Å²) in [6.07, 6.45) is 4.17. The minimum absolute atomic E-state index is 0.0699. The normalized spacial score (nSPS) is 19.5. The van der Waals surface area contributed by atoms with Gasteiger partial charge in [0.05, 0.1) is 37.8 Å². The van der Waals surface area contributed by atoms with Crippen molar-refractivity contribution in [2.24, 2.45) is 0 Å². The molecule has 0 bridgehead atoms. The van der Waals surface area contributed by atoms with Gasteiger partial charge in [-0.2, -0.15) is 0 Å². The molecule has 4 fully saturated rings. The second-order valence-corrected chi connectivity index (χ2v) is 25.4. The zero-order valence-electron chi connectivity index (χ0n) is 43.6. The van der Waals surface area contributed by atoms with Gasteiger partial charge in [-0.05, 0) is 121 Å². The summed E-state index contributed by atoms with van der Waals surface area (Å²) in [6, 6.07) is 34.1. The summed E-state index contributed by atoms with van der Waals surface area (Å²) in [7, 11) is 2.20. The van der Waals surface area contributed by atoms with E-state index >= 15 is 0 Å². The van der Waals surface area contributed by atoms with E-state index in [2.05, 4.69) is 127 Å². The fourth-order valence-electron chi connectivity index (χ4n) is 10.5. The summed E-state index contributed by atoms with van der Waals surface area (Å²) < 4.78 is 16.6. The Bertz CT molecular complexity index is 3210. The lowest BCUT2D eigenvalue weighted by molar-refractivity contribution is 0.0206. The lowest BCUT2D eigenvalue weighted by Crippen LogP contribution is -2.46. The van der Waals surface area contributed by atoms with Crippen molar-refractivity contribution in [1.29, 1.82) is 0 Å². The fraction of sp³-hybridized carbons (Fsp3) is 0.397. The largest absolute Gasteiger partial charge is 0.444 e. The molecule has 76 heavy (non-hydrogen) atoms. The Labute approximate surface area is 461 Å². The molecule has 4 aromatic carbocycles. The van der Waals surface area contributed by atoms with Gasteiger partial charge in [-0.3, -0.25) is 9.59 Å². The number of ether oxygens (including phenoxy) is 3. The van der Waals surface area contributed by atoms with Crippen LogP contribution >= 0.6 is 47.0 Å².